The molecule has 1 rings (SSSR count). The molecule has 1 aliphatic heterocycles. The highest BCUT2D eigenvalue weighted by Gasteiger charge is 2.22. The molecule has 4 nitrogen and oxygen atoms in total. The monoisotopic (exact) mass is 247 g/mol. The minimum absolute atomic E-state index is 0.0118. The van der Waals surface area contributed by atoms with E-state index in [1.54, 1.807) is 0 Å². The van der Waals surface area contributed by atoms with Crippen molar-refractivity contribution < 1.29 is 13.2 Å². The molecule has 1 aliphatic rings. The molecule has 0 radical (unpaired) electrons. The minimum Gasteiger partial charge on any atom is -0.307 e. The van der Waals surface area contributed by atoms with Crippen LogP contribution < -0.4 is 5.32 Å². The Kier molecular flexibility index (Phi) is 5.41. The molecule has 0 saturated carbocycles. The van der Waals surface area contributed by atoms with E-state index in [-0.39, 0.29) is 29.8 Å². The maximum absolute atomic E-state index is 11.7. The molecule has 0 aliphatic carbocycles. The van der Waals surface area contributed by atoms with Gasteiger partial charge in [-0.2, -0.15) is 0 Å². The van der Waals surface area contributed by atoms with Gasteiger partial charge in [0.25, 0.3) is 0 Å². The highest BCUT2D eigenvalue weighted by Crippen LogP contribution is 2.10. The molecule has 0 aromatic rings. The van der Waals surface area contributed by atoms with Crippen molar-refractivity contribution in [3.8, 4) is 0 Å². The lowest BCUT2D eigenvalue weighted by molar-refractivity contribution is -0.121. The number of ketones is 1. The average Bonchev–Trinajstić information content (AvgIpc) is 2.27. The fourth-order valence-electron chi connectivity index (χ4n) is 1.97. The molecule has 1 N–H and O–H groups in total. The SMILES string of the molecule is CCCS(=O)(=O)CCC(=O)C1CCCCN1. The zero-order chi connectivity index (χ0) is 12.0. The summed E-state index contributed by atoms with van der Waals surface area (Å²) >= 11 is 0. The molecular weight excluding hydrogens is 226 g/mol. The molecule has 0 bridgehead atoms. The molecule has 5 heteroatoms. The molecule has 94 valence electrons. The number of hydrogen-bond donors (Lipinski definition) is 1. The lowest BCUT2D eigenvalue weighted by atomic mass is 10.00. The van der Waals surface area contributed by atoms with Crippen LogP contribution in [0.25, 0.3) is 0 Å². The first kappa shape index (κ1) is 13.6. The smallest absolute Gasteiger partial charge is 0.150 e. The Morgan fingerprint density at radius 1 is 1.31 bits per heavy atom. The predicted octanol–water partition coefficient (Wildman–Crippen LogP) is 0.912. The molecule has 1 heterocycles. The number of sulfone groups is 1. The van der Waals surface area contributed by atoms with Gasteiger partial charge in [0.05, 0.1) is 11.8 Å². The van der Waals surface area contributed by atoms with E-state index in [1.807, 2.05) is 6.92 Å². The van der Waals surface area contributed by atoms with E-state index < -0.39 is 9.84 Å². The summed E-state index contributed by atoms with van der Waals surface area (Å²) in [6, 6.07) is -0.106. The summed E-state index contributed by atoms with van der Waals surface area (Å²) in [6.07, 6.45) is 3.81. The molecule has 0 aromatic heterocycles. The lowest BCUT2D eigenvalue weighted by Gasteiger charge is -2.22. The van der Waals surface area contributed by atoms with E-state index in [9.17, 15) is 13.2 Å². The van der Waals surface area contributed by atoms with Crippen LogP contribution in [0.4, 0.5) is 0 Å². The highest BCUT2D eigenvalue weighted by atomic mass is 32.2. The van der Waals surface area contributed by atoms with Crippen LogP contribution in [0.2, 0.25) is 0 Å². The van der Waals surface area contributed by atoms with E-state index in [1.165, 1.54) is 0 Å². The molecular formula is C11H21NO3S. The van der Waals surface area contributed by atoms with E-state index in [2.05, 4.69) is 5.32 Å². The summed E-state index contributed by atoms with van der Waals surface area (Å²) in [5, 5.41) is 3.14. The van der Waals surface area contributed by atoms with Crippen molar-refractivity contribution in [3.05, 3.63) is 0 Å². The summed E-state index contributed by atoms with van der Waals surface area (Å²) < 4.78 is 22.9. The lowest BCUT2D eigenvalue weighted by Crippen LogP contribution is -2.41. The third kappa shape index (κ3) is 4.61. The number of piperidine rings is 1. The van der Waals surface area contributed by atoms with Gasteiger partial charge in [0.2, 0.25) is 0 Å². The zero-order valence-electron chi connectivity index (χ0n) is 9.87. The maximum atomic E-state index is 11.7. The van der Waals surface area contributed by atoms with Crippen molar-refractivity contribution in [2.24, 2.45) is 0 Å². The standard InChI is InChI=1S/C11H21NO3S/c1-2-8-16(14,15)9-6-11(13)10-5-3-4-7-12-10/h10,12H,2-9H2,1H3. The Bertz CT molecular complexity index is 318. The van der Waals surface area contributed by atoms with Gasteiger partial charge < -0.3 is 5.32 Å². The third-order valence-electron chi connectivity index (χ3n) is 2.87. The van der Waals surface area contributed by atoms with Crippen molar-refractivity contribution in [2.45, 2.75) is 45.1 Å². The second-order valence-electron chi connectivity index (χ2n) is 4.37. The van der Waals surface area contributed by atoms with Crippen LogP contribution in [-0.2, 0) is 14.6 Å². The number of Topliss-reactive ketones (excluding diaryl/α,β-unsaturated/α-hetero) is 1. The van der Waals surface area contributed by atoms with Crippen LogP contribution in [0, 0.1) is 0 Å². The van der Waals surface area contributed by atoms with Gasteiger partial charge in [0.1, 0.15) is 0 Å². The van der Waals surface area contributed by atoms with Crippen LogP contribution >= 0.6 is 0 Å². The van der Waals surface area contributed by atoms with Gasteiger partial charge >= 0.3 is 0 Å². The molecule has 1 fully saturated rings. The van der Waals surface area contributed by atoms with Crippen molar-refractivity contribution >= 4 is 15.6 Å². The van der Waals surface area contributed by atoms with Crippen LogP contribution in [0.1, 0.15) is 39.0 Å². The van der Waals surface area contributed by atoms with Gasteiger partial charge in [-0.25, -0.2) is 8.42 Å². The summed E-state index contributed by atoms with van der Waals surface area (Å²) in [5.41, 5.74) is 0. The van der Waals surface area contributed by atoms with Crippen molar-refractivity contribution in [1.29, 1.82) is 0 Å². The fourth-order valence-corrected chi connectivity index (χ4v) is 3.31. The van der Waals surface area contributed by atoms with E-state index in [0.717, 1.165) is 25.8 Å². The summed E-state index contributed by atoms with van der Waals surface area (Å²) in [6.45, 7) is 2.71. The first-order valence-corrected chi connectivity index (χ1v) is 7.84. The summed E-state index contributed by atoms with van der Waals surface area (Å²) in [7, 11) is -3.01. The second-order valence-corrected chi connectivity index (χ2v) is 6.67. The van der Waals surface area contributed by atoms with Gasteiger partial charge in [0.15, 0.2) is 15.6 Å². The van der Waals surface area contributed by atoms with Gasteiger partial charge in [-0.1, -0.05) is 13.3 Å². The number of carbonyl (C=O) groups excluding carboxylic acids is 1. The first-order chi connectivity index (χ1) is 7.55. The summed E-state index contributed by atoms with van der Waals surface area (Å²) in [4.78, 5) is 11.7. The molecule has 1 atom stereocenters. The fraction of sp³-hybridized carbons (Fsp3) is 0.909. The molecule has 0 amide bonds. The van der Waals surface area contributed by atoms with Crippen LogP contribution in [0.15, 0.2) is 0 Å². The molecule has 1 unspecified atom stereocenters. The quantitative estimate of drug-likeness (QED) is 0.758. The predicted molar refractivity (Wildman–Crippen MR) is 64.2 cm³/mol. The molecule has 16 heavy (non-hydrogen) atoms. The topological polar surface area (TPSA) is 63.2 Å². The maximum Gasteiger partial charge on any atom is 0.150 e. The Balaban J connectivity index is 2.34. The largest absolute Gasteiger partial charge is 0.307 e. The van der Waals surface area contributed by atoms with Crippen molar-refractivity contribution in [1.82, 2.24) is 5.32 Å². The first-order valence-electron chi connectivity index (χ1n) is 6.01. The van der Waals surface area contributed by atoms with Crippen molar-refractivity contribution in [2.75, 3.05) is 18.1 Å². The Morgan fingerprint density at radius 3 is 2.62 bits per heavy atom. The normalized spacial score (nSPS) is 21.9. The van der Waals surface area contributed by atoms with Crippen LogP contribution in [0.3, 0.4) is 0 Å². The molecule has 1 saturated heterocycles. The van der Waals surface area contributed by atoms with E-state index >= 15 is 0 Å². The van der Waals surface area contributed by atoms with Gasteiger partial charge in [-0.05, 0) is 25.8 Å². The summed E-state index contributed by atoms with van der Waals surface area (Å²) in [5.74, 6) is 0.260. The number of nitrogens with one attached hydrogen (secondary N) is 1. The van der Waals surface area contributed by atoms with Crippen LogP contribution in [0.5, 0.6) is 0 Å². The van der Waals surface area contributed by atoms with Gasteiger partial charge in [-0.3, -0.25) is 4.79 Å². The molecule has 0 spiro atoms. The van der Waals surface area contributed by atoms with Gasteiger partial charge in [0, 0.05) is 12.2 Å². The molecule has 0 aromatic carbocycles. The van der Waals surface area contributed by atoms with Crippen molar-refractivity contribution in [3.63, 3.8) is 0 Å². The van der Waals surface area contributed by atoms with Gasteiger partial charge in [-0.15, -0.1) is 0 Å². The number of hydrogen-bond acceptors (Lipinski definition) is 4. The zero-order valence-corrected chi connectivity index (χ0v) is 10.7. The second kappa shape index (κ2) is 6.35. The Morgan fingerprint density at radius 2 is 2.06 bits per heavy atom. The van der Waals surface area contributed by atoms with E-state index in [4.69, 9.17) is 0 Å². The Labute approximate surface area is 97.7 Å². The van der Waals surface area contributed by atoms with E-state index in [0.29, 0.717) is 6.42 Å². The average molecular weight is 247 g/mol. The number of carbonyl (C=O) groups is 1. The highest BCUT2D eigenvalue weighted by molar-refractivity contribution is 7.91. The minimum atomic E-state index is -3.01. The third-order valence-corrected chi connectivity index (χ3v) is 4.73. The number of rotatable bonds is 6. The Hall–Kier alpha value is -0.420. The van der Waals surface area contributed by atoms with Crippen LogP contribution in [-0.4, -0.2) is 38.3 Å².